The molecule has 4 nitrogen and oxygen atoms in total. The maximum absolute atomic E-state index is 12.9. The first-order valence-electron chi connectivity index (χ1n) is 6.73. The quantitative estimate of drug-likeness (QED) is 0.805. The minimum Gasteiger partial charge on any atom is -0.496 e. The molecule has 22 heavy (non-hydrogen) atoms. The molecule has 5 heteroatoms. The molecule has 112 valence electrons. The third-order valence-electron chi connectivity index (χ3n) is 3.58. The van der Waals surface area contributed by atoms with Crippen LogP contribution in [0.3, 0.4) is 0 Å². The van der Waals surface area contributed by atoms with Gasteiger partial charge in [-0.05, 0) is 24.3 Å². The van der Waals surface area contributed by atoms with Gasteiger partial charge in [-0.25, -0.2) is 0 Å². The molecule has 0 atom stereocenters. The lowest BCUT2D eigenvalue weighted by Gasteiger charge is -2.09. The SMILES string of the molecule is COc1ccc(Cl)cc1C(=O)n1cc(CO)c2ccccc21. The van der Waals surface area contributed by atoms with Gasteiger partial charge in [0.25, 0.3) is 5.91 Å². The van der Waals surface area contributed by atoms with Gasteiger partial charge in [0.2, 0.25) is 0 Å². The summed E-state index contributed by atoms with van der Waals surface area (Å²) in [7, 11) is 1.51. The summed E-state index contributed by atoms with van der Waals surface area (Å²) >= 11 is 6.00. The molecule has 0 fully saturated rings. The van der Waals surface area contributed by atoms with Crippen LogP contribution in [0.25, 0.3) is 10.9 Å². The Kier molecular flexibility index (Phi) is 3.88. The second-order valence-electron chi connectivity index (χ2n) is 4.85. The average Bonchev–Trinajstić information content (AvgIpc) is 2.93. The van der Waals surface area contributed by atoms with Gasteiger partial charge in [-0.1, -0.05) is 29.8 Å². The molecule has 0 bridgehead atoms. The molecular weight excluding hydrogens is 302 g/mol. The van der Waals surface area contributed by atoms with Crippen molar-refractivity contribution in [1.29, 1.82) is 0 Å². The van der Waals surface area contributed by atoms with Crippen LogP contribution >= 0.6 is 11.6 Å². The first-order chi connectivity index (χ1) is 10.7. The normalized spacial score (nSPS) is 10.9. The summed E-state index contributed by atoms with van der Waals surface area (Å²) in [6.07, 6.45) is 1.65. The summed E-state index contributed by atoms with van der Waals surface area (Å²) in [5, 5.41) is 10.8. The van der Waals surface area contributed by atoms with Gasteiger partial charge >= 0.3 is 0 Å². The Labute approximate surface area is 132 Å². The summed E-state index contributed by atoms with van der Waals surface area (Å²) in [4.78, 5) is 12.9. The fraction of sp³-hybridized carbons (Fsp3) is 0.118. The zero-order valence-electron chi connectivity index (χ0n) is 11.9. The maximum atomic E-state index is 12.9. The second-order valence-corrected chi connectivity index (χ2v) is 5.29. The molecule has 3 rings (SSSR count). The van der Waals surface area contributed by atoms with Crippen molar-refractivity contribution in [2.45, 2.75) is 6.61 Å². The van der Waals surface area contributed by atoms with Crippen LogP contribution in [0.2, 0.25) is 5.02 Å². The fourth-order valence-corrected chi connectivity index (χ4v) is 2.69. The Morgan fingerprint density at radius 2 is 2.05 bits per heavy atom. The number of fused-ring (bicyclic) bond motifs is 1. The summed E-state index contributed by atoms with van der Waals surface area (Å²) < 4.78 is 6.75. The van der Waals surface area contributed by atoms with E-state index in [1.807, 2.05) is 24.3 Å². The number of carbonyl (C=O) groups excluding carboxylic acids is 1. The Balaban J connectivity index is 2.20. The van der Waals surface area contributed by atoms with E-state index in [1.54, 1.807) is 24.4 Å². The largest absolute Gasteiger partial charge is 0.496 e. The smallest absolute Gasteiger partial charge is 0.266 e. The van der Waals surface area contributed by atoms with E-state index in [0.29, 0.717) is 21.9 Å². The van der Waals surface area contributed by atoms with Crippen LogP contribution in [0, 0.1) is 0 Å². The highest BCUT2D eigenvalue weighted by molar-refractivity contribution is 6.31. The maximum Gasteiger partial charge on any atom is 0.266 e. The molecule has 0 radical (unpaired) electrons. The summed E-state index contributed by atoms with van der Waals surface area (Å²) in [6, 6.07) is 12.3. The number of nitrogens with zero attached hydrogens (tertiary/aromatic N) is 1. The topological polar surface area (TPSA) is 51.5 Å². The van der Waals surface area contributed by atoms with Crippen LogP contribution in [0.1, 0.15) is 15.9 Å². The molecule has 3 aromatic rings. The molecular formula is C17H14ClNO3. The molecule has 0 saturated heterocycles. The van der Waals surface area contributed by atoms with Crippen molar-refractivity contribution in [3.05, 3.63) is 64.8 Å². The minimum absolute atomic E-state index is 0.131. The number of aliphatic hydroxyl groups excluding tert-OH is 1. The number of halogens is 1. The van der Waals surface area contributed by atoms with Crippen molar-refractivity contribution >= 4 is 28.4 Å². The molecule has 0 amide bonds. The number of ether oxygens (including phenoxy) is 1. The van der Waals surface area contributed by atoms with E-state index in [9.17, 15) is 9.90 Å². The molecule has 1 heterocycles. The van der Waals surface area contributed by atoms with Gasteiger partial charge < -0.3 is 9.84 Å². The van der Waals surface area contributed by atoms with Crippen molar-refractivity contribution in [3.8, 4) is 5.75 Å². The van der Waals surface area contributed by atoms with E-state index in [0.717, 1.165) is 10.9 Å². The minimum atomic E-state index is -0.254. The lowest BCUT2D eigenvalue weighted by atomic mass is 10.1. The van der Waals surface area contributed by atoms with Crippen LogP contribution in [0.4, 0.5) is 0 Å². The second kappa shape index (κ2) is 5.83. The number of aliphatic hydroxyl groups is 1. The highest BCUT2D eigenvalue weighted by atomic mass is 35.5. The average molecular weight is 316 g/mol. The van der Waals surface area contributed by atoms with Gasteiger partial charge in [-0.3, -0.25) is 9.36 Å². The molecule has 0 aliphatic heterocycles. The lowest BCUT2D eigenvalue weighted by molar-refractivity contribution is 0.0961. The molecule has 0 saturated carbocycles. The molecule has 1 N–H and O–H groups in total. The lowest BCUT2D eigenvalue weighted by Crippen LogP contribution is -2.12. The van der Waals surface area contributed by atoms with Crippen LogP contribution in [-0.4, -0.2) is 22.7 Å². The van der Waals surface area contributed by atoms with Crippen LogP contribution in [0.5, 0.6) is 5.75 Å². The molecule has 0 aliphatic carbocycles. The summed E-state index contributed by atoms with van der Waals surface area (Å²) in [5.41, 5.74) is 1.81. The number of aromatic nitrogens is 1. The van der Waals surface area contributed by atoms with Crippen molar-refractivity contribution in [2.75, 3.05) is 7.11 Å². The van der Waals surface area contributed by atoms with Gasteiger partial charge in [-0.15, -0.1) is 0 Å². The van der Waals surface area contributed by atoms with Crippen LogP contribution in [0.15, 0.2) is 48.7 Å². The molecule has 0 spiro atoms. The van der Waals surface area contributed by atoms with E-state index in [-0.39, 0.29) is 12.5 Å². The zero-order valence-corrected chi connectivity index (χ0v) is 12.7. The fourth-order valence-electron chi connectivity index (χ4n) is 2.52. The number of carbonyl (C=O) groups is 1. The predicted molar refractivity (Wildman–Crippen MR) is 85.6 cm³/mol. The number of benzene rings is 2. The van der Waals surface area contributed by atoms with Crippen molar-refractivity contribution in [1.82, 2.24) is 4.57 Å². The van der Waals surface area contributed by atoms with E-state index in [4.69, 9.17) is 16.3 Å². The number of para-hydroxylation sites is 1. The predicted octanol–water partition coefficient (Wildman–Crippen LogP) is 3.48. The Morgan fingerprint density at radius 3 is 2.77 bits per heavy atom. The van der Waals surface area contributed by atoms with Gasteiger partial charge in [0.05, 0.1) is 24.8 Å². The summed E-state index contributed by atoms with van der Waals surface area (Å²) in [5.74, 6) is 0.202. The van der Waals surface area contributed by atoms with Gasteiger partial charge in [0.1, 0.15) is 5.75 Å². The van der Waals surface area contributed by atoms with Crippen LogP contribution in [-0.2, 0) is 6.61 Å². The van der Waals surface area contributed by atoms with Crippen LogP contribution < -0.4 is 4.74 Å². The molecule has 2 aromatic carbocycles. The van der Waals surface area contributed by atoms with E-state index >= 15 is 0 Å². The van der Waals surface area contributed by atoms with Gasteiger partial charge in [-0.2, -0.15) is 0 Å². The van der Waals surface area contributed by atoms with Crippen molar-refractivity contribution in [3.63, 3.8) is 0 Å². The first-order valence-corrected chi connectivity index (χ1v) is 7.11. The Hall–Kier alpha value is -2.30. The van der Waals surface area contributed by atoms with E-state index < -0.39 is 0 Å². The third-order valence-corrected chi connectivity index (χ3v) is 3.81. The van der Waals surface area contributed by atoms with Crippen molar-refractivity contribution in [2.24, 2.45) is 0 Å². The Bertz CT molecular complexity index is 854. The monoisotopic (exact) mass is 315 g/mol. The van der Waals surface area contributed by atoms with Gasteiger partial charge in [0, 0.05) is 22.2 Å². The first kappa shape index (κ1) is 14.6. The van der Waals surface area contributed by atoms with Crippen molar-refractivity contribution < 1.29 is 14.6 Å². The molecule has 0 aliphatic rings. The highest BCUT2D eigenvalue weighted by Crippen LogP contribution is 2.27. The number of hydrogen-bond donors (Lipinski definition) is 1. The number of hydrogen-bond acceptors (Lipinski definition) is 3. The molecule has 0 unspecified atom stereocenters. The zero-order chi connectivity index (χ0) is 15.7. The number of methoxy groups -OCH3 is 1. The van der Waals surface area contributed by atoms with E-state index in [1.165, 1.54) is 11.7 Å². The molecule has 1 aromatic heterocycles. The van der Waals surface area contributed by atoms with Gasteiger partial charge in [0.15, 0.2) is 0 Å². The summed E-state index contributed by atoms with van der Waals surface area (Å²) in [6.45, 7) is -0.131. The standard InChI is InChI=1S/C17H14ClNO3/c1-22-16-7-6-12(18)8-14(16)17(21)19-9-11(10-20)13-4-2-3-5-15(13)19/h2-9,20H,10H2,1H3. The van der Waals surface area contributed by atoms with E-state index in [2.05, 4.69) is 0 Å². The highest BCUT2D eigenvalue weighted by Gasteiger charge is 2.18. The third kappa shape index (κ3) is 2.36. The number of rotatable bonds is 3. The Morgan fingerprint density at radius 1 is 1.27 bits per heavy atom.